The zero-order chi connectivity index (χ0) is 20.9. The number of amides is 1. The first-order valence-corrected chi connectivity index (χ1v) is 9.75. The molecule has 1 heterocycles. The fraction of sp³-hybridized carbons (Fsp3) is 0.261. The quantitative estimate of drug-likeness (QED) is 0.456. The summed E-state index contributed by atoms with van der Waals surface area (Å²) in [5.41, 5.74) is 0.941. The fourth-order valence-corrected chi connectivity index (χ4v) is 3.24. The third-order valence-electron chi connectivity index (χ3n) is 4.88. The molecule has 3 aromatic rings. The molecular formula is C23H21NO6. The molecule has 1 fully saturated rings. The Kier molecular flexibility index (Phi) is 5.79. The van der Waals surface area contributed by atoms with Crippen molar-refractivity contribution < 1.29 is 23.5 Å². The molecule has 30 heavy (non-hydrogen) atoms. The fourth-order valence-electron chi connectivity index (χ4n) is 3.24. The summed E-state index contributed by atoms with van der Waals surface area (Å²) in [6, 6.07) is 17.6. The van der Waals surface area contributed by atoms with Crippen molar-refractivity contribution >= 4 is 22.8 Å². The van der Waals surface area contributed by atoms with E-state index in [4.69, 9.17) is 13.9 Å². The smallest absolute Gasteiger partial charge is 0.344 e. The Morgan fingerprint density at radius 3 is 2.57 bits per heavy atom. The van der Waals surface area contributed by atoms with Crippen molar-refractivity contribution in [2.24, 2.45) is 5.92 Å². The van der Waals surface area contributed by atoms with Crippen molar-refractivity contribution in [3.63, 3.8) is 0 Å². The first-order chi connectivity index (χ1) is 14.6. The van der Waals surface area contributed by atoms with Crippen LogP contribution in [0, 0.1) is 5.92 Å². The molecule has 1 N–H and O–H groups in total. The Bertz CT molecular complexity index is 1100. The van der Waals surface area contributed by atoms with Crippen LogP contribution in [0.5, 0.6) is 5.75 Å². The molecule has 1 aromatic heterocycles. The van der Waals surface area contributed by atoms with E-state index in [1.807, 2.05) is 30.3 Å². The van der Waals surface area contributed by atoms with Crippen LogP contribution < -0.4 is 15.7 Å². The minimum atomic E-state index is -0.664. The number of rotatable bonds is 8. The van der Waals surface area contributed by atoms with Gasteiger partial charge in [-0.25, -0.2) is 9.59 Å². The lowest BCUT2D eigenvalue weighted by Gasteiger charge is -2.18. The molecule has 1 saturated carbocycles. The maximum absolute atomic E-state index is 12.2. The van der Waals surface area contributed by atoms with Crippen molar-refractivity contribution in [1.29, 1.82) is 0 Å². The summed E-state index contributed by atoms with van der Waals surface area (Å²) in [5.74, 6) is -0.238. The summed E-state index contributed by atoms with van der Waals surface area (Å²) in [6.45, 7) is -0.731. The number of hydrogen-bond acceptors (Lipinski definition) is 6. The van der Waals surface area contributed by atoms with Crippen LogP contribution in [0.1, 0.15) is 24.4 Å². The summed E-state index contributed by atoms with van der Waals surface area (Å²) in [6.07, 6.45) is 2.14. The predicted molar refractivity (Wildman–Crippen MR) is 109 cm³/mol. The second kappa shape index (κ2) is 8.82. The molecule has 1 unspecified atom stereocenters. The zero-order valence-electron chi connectivity index (χ0n) is 16.2. The third-order valence-corrected chi connectivity index (χ3v) is 4.88. The van der Waals surface area contributed by atoms with Gasteiger partial charge in [-0.1, -0.05) is 30.3 Å². The van der Waals surface area contributed by atoms with Crippen LogP contribution in [-0.2, 0) is 14.3 Å². The Morgan fingerprint density at radius 2 is 1.80 bits per heavy atom. The Morgan fingerprint density at radius 1 is 1.03 bits per heavy atom. The second-order valence-electron chi connectivity index (χ2n) is 7.20. The standard InChI is InChI=1S/C23H21NO6/c25-20(24-23(17-6-7-17)16-4-2-1-3-5-16)13-29-22(27)14-28-18-10-8-15-9-11-21(26)30-19(15)12-18/h1-5,8-12,17,23H,6-7,13-14H2,(H,24,25). The van der Waals surface area contributed by atoms with Gasteiger partial charge < -0.3 is 19.2 Å². The summed E-state index contributed by atoms with van der Waals surface area (Å²) >= 11 is 0. The van der Waals surface area contributed by atoms with Gasteiger partial charge in [0.1, 0.15) is 11.3 Å². The summed E-state index contributed by atoms with van der Waals surface area (Å²) in [4.78, 5) is 35.5. The van der Waals surface area contributed by atoms with Gasteiger partial charge in [0.05, 0.1) is 6.04 Å². The predicted octanol–water partition coefficient (Wildman–Crippen LogP) is 2.98. The van der Waals surface area contributed by atoms with E-state index in [1.165, 1.54) is 12.1 Å². The van der Waals surface area contributed by atoms with Gasteiger partial charge in [0.15, 0.2) is 13.2 Å². The van der Waals surface area contributed by atoms with Gasteiger partial charge in [-0.15, -0.1) is 0 Å². The third kappa shape index (κ3) is 5.05. The first-order valence-electron chi connectivity index (χ1n) is 9.75. The van der Waals surface area contributed by atoms with E-state index >= 15 is 0 Å². The number of hydrogen-bond donors (Lipinski definition) is 1. The largest absolute Gasteiger partial charge is 0.482 e. The summed E-state index contributed by atoms with van der Waals surface area (Å²) < 4.78 is 15.5. The van der Waals surface area contributed by atoms with Gasteiger partial charge in [-0.05, 0) is 42.5 Å². The van der Waals surface area contributed by atoms with E-state index in [2.05, 4.69) is 5.32 Å². The molecule has 7 nitrogen and oxygen atoms in total. The molecule has 0 bridgehead atoms. The first kappa shape index (κ1) is 19.7. The maximum atomic E-state index is 12.2. The molecule has 0 spiro atoms. The van der Waals surface area contributed by atoms with E-state index in [0.717, 1.165) is 23.8 Å². The van der Waals surface area contributed by atoms with Gasteiger partial charge in [-0.2, -0.15) is 0 Å². The molecule has 1 amide bonds. The number of benzene rings is 2. The summed E-state index contributed by atoms with van der Waals surface area (Å²) in [5, 5.41) is 3.69. The van der Waals surface area contributed by atoms with Crippen molar-refractivity contribution in [2.75, 3.05) is 13.2 Å². The molecule has 154 valence electrons. The Hall–Kier alpha value is -3.61. The average Bonchev–Trinajstić information content (AvgIpc) is 3.60. The van der Waals surface area contributed by atoms with Crippen molar-refractivity contribution in [3.8, 4) is 5.75 Å². The van der Waals surface area contributed by atoms with Crippen LogP contribution in [-0.4, -0.2) is 25.1 Å². The van der Waals surface area contributed by atoms with E-state index < -0.39 is 11.6 Å². The Labute approximate surface area is 172 Å². The van der Waals surface area contributed by atoms with Gasteiger partial charge in [0, 0.05) is 17.5 Å². The topological polar surface area (TPSA) is 94.8 Å². The van der Waals surface area contributed by atoms with Crippen molar-refractivity contribution in [3.05, 3.63) is 76.6 Å². The minimum absolute atomic E-state index is 0.0686. The van der Waals surface area contributed by atoms with Crippen LogP contribution in [0.3, 0.4) is 0 Å². The molecular weight excluding hydrogens is 386 g/mol. The molecule has 1 aliphatic carbocycles. The van der Waals surface area contributed by atoms with E-state index in [1.54, 1.807) is 18.2 Å². The number of esters is 1. The lowest BCUT2D eigenvalue weighted by molar-refractivity contribution is -0.150. The number of carbonyl (C=O) groups is 2. The highest BCUT2D eigenvalue weighted by Crippen LogP contribution is 2.40. The molecule has 0 radical (unpaired) electrons. The van der Waals surface area contributed by atoms with E-state index in [9.17, 15) is 14.4 Å². The highest BCUT2D eigenvalue weighted by atomic mass is 16.6. The molecule has 0 aliphatic heterocycles. The number of ether oxygens (including phenoxy) is 2. The lowest BCUT2D eigenvalue weighted by Crippen LogP contribution is -2.34. The van der Waals surface area contributed by atoms with Crippen molar-refractivity contribution in [1.82, 2.24) is 5.32 Å². The molecule has 2 aromatic carbocycles. The second-order valence-corrected chi connectivity index (χ2v) is 7.20. The molecule has 7 heteroatoms. The minimum Gasteiger partial charge on any atom is -0.482 e. The highest BCUT2D eigenvalue weighted by Gasteiger charge is 2.33. The Balaban J connectivity index is 1.26. The van der Waals surface area contributed by atoms with Crippen LogP contribution in [0.2, 0.25) is 0 Å². The molecule has 4 rings (SSSR count). The SMILES string of the molecule is O=C(COC(=O)COc1ccc2ccc(=O)oc2c1)NC(c1ccccc1)C1CC1. The highest BCUT2D eigenvalue weighted by molar-refractivity contribution is 5.81. The summed E-state index contributed by atoms with van der Waals surface area (Å²) in [7, 11) is 0. The molecule has 0 saturated heterocycles. The van der Waals surface area contributed by atoms with Gasteiger partial charge in [-0.3, -0.25) is 4.79 Å². The zero-order valence-corrected chi connectivity index (χ0v) is 16.2. The lowest BCUT2D eigenvalue weighted by atomic mass is 10.0. The number of fused-ring (bicyclic) bond motifs is 1. The number of nitrogens with one attached hydrogen (secondary N) is 1. The van der Waals surface area contributed by atoms with Gasteiger partial charge >= 0.3 is 11.6 Å². The van der Waals surface area contributed by atoms with Crippen LogP contribution in [0.15, 0.2) is 69.9 Å². The number of carbonyl (C=O) groups excluding carboxylic acids is 2. The molecule has 1 atom stereocenters. The average molecular weight is 407 g/mol. The van der Waals surface area contributed by atoms with Gasteiger partial charge in [0.25, 0.3) is 5.91 Å². The normalized spacial score (nSPS) is 14.1. The van der Waals surface area contributed by atoms with E-state index in [0.29, 0.717) is 17.3 Å². The van der Waals surface area contributed by atoms with Crippen LogP contribution in [0.25, 0.3) is 11.0 Å². The van der Waals surface area contributed by atoms with Gasteiger partial charge in [0.2, 0.25) is 0 Å². The van der Waals surface area contributed by atoms with Crippen LogP contribution in [0.4, 0.5) is 0 Å². The van der Waals surface area contributed by atoms with Crippen LogP contribution >= 0.6 is 0 Å². The monoisotopic (exact) mass is 407 g/mol. The molecule has 1 aliphatic rings. The van der Waals surface area contributed by atoms with Crippen molar-refractivity contribution in [2.45, 2.75) is 18.9 Å². The van der Waals surface area contributed by atoms with E-state index in [-0.39, 0.29) is 25.2 Å². The maximum Gasteiger partial charge on any atom is 0.344 e.